The Morgan fingerprint density at radius 1 is 1.04 bits per heavy atom. The average Bonchev–Trinajstić information content (AvgIpc) is 2.62. The highest BCUT2D eigenvalue weighted by molar-refractivity contribution is 5.93. The lowest BCUT2D eigenvalue weighted by Gasteiger charge is -2.34. The van der Waals surface area contributed by atoms with Crippen molar-refractivity contribution in [2.45, 2.75) is 20.4 Å². The molecule has 1 N–H and O–H groups in total. The highest BCUT2D eigenvalue weighted by Gasteiger charge is 2.19. The van der Waals surface area contributed by atoms with Crippen molar-refractivity contribution in [3.05, 3.63) is 59.4 Å². The van der Waals surface area contributed by atoms with E-state index in [9.17, 15) is 4.79 Å². The molecule has 1 aliphatic rings. The molecule has 25 heavy (non-hydrogen) atoms. The van der Waals surface area contributed by atoms with Gasteiger partial charge in [0.25, 0.3) is 0 Å². The van der Waals surface area contributed by atoms with Gasteiger partial charge in [-0.05, 0) is 48.7 Å². The topological polar surface area (TPSA) is 48.5 Å². The number of nitrogens with one attached hydrogen (secondary N) is 1. The summed E-state index contributed by atoms with van der Waals surface area (Å²) < 4.78 is 0. The number of nitrogens with zero attached hydrogens (tertiary/aromatic N) is 3. The number of amides is 1. The minimum Gasteiger partial charge on any atom is -0.325 e. The second kappa shape index (κ2) is 8.23. The van der Waals surface area contributed by atoms with Crippen LogP contribution >= 0.6 is 0 Å². The Hall–Kier alpha value is -2.24. The molecule has 0 aliphatic carbocycles. The third-order valence-electron chi connectivity index (χ3n) is 4.87. The van der Waals surface area contributed by atoms with Gasteiger partial charge in [0, 0.05) is 50.8 Å². The van der Waals surface area contributed by atoms with Gasteiger partial charge in [-0.2, -0.15) is 0 Å². The Kier molecular flexibility index (Phi) is 5.79. The summed E-state index contributed by atoms with van der Waals surface area (Å²) in [6, 6.07) is 10.1. The van der Waals surface area contributed by atoms with Gasteiger partial charge in [-0.25, -0.2) is 0 Å². The first-order valence-electron chi connectivity index (χ1n) is 8.81. The van der Waals surface area contributed by atoms with Crippen molar-refractivity contribution >= 4 is 11.6 Å². The van der Waals surface area contributed by atoms with Crippen molar-refractivity contribution in [2.75, 3.05) is 38.0 Å². The summed E-state index contributed by atoms with van der Waals surface area (Å²) in [5, 5.41) is 3.05. The summed E-state index contributed by atoms with van der Waals surface area (Å²) in [6.07, 6.45) is 3.67. The van der Waals surface area contributed by atoms with Crippen molar-refractivity contribution in [2.24, 2.45) is 0 Å². The normalized spacial score (nSPS) is 15.9. The van der Waals surface area contributed by atoms with Gasteiger partial charge in [0.1, 0.15) is 0 Å². The van der Waals surface area contributed by atoms with Crippen molar-refractivity contribution in [3.63, 3.8) is 0 Å². The SMILES string of the molecule is Cc1cccc(NC(=O)CN2CCN(Cc3ccncc3)CC2)c1C. The molecule has 1 amide bonds. The Bertz CT molecular complexity index is 709. The van der Waals surface area contributed by atoms with Gasteiger partial charge in [0.05, 0.1) is 6.54 Å². The molecule has 0 bridgehead atoms. The first-order valence-corrected chi connectivity index (χ1v) is 8.81. The van der Waals surface area contributed by atoms with Crippen molar-refractivity contribution < 1.29 is 4.79 Å². The second-order valence-corrected chi connectivity index (χ2v) is 6.70. The lowest BCUT2D eigenvalue weighted by Crippen LogP contribution is -2.48. The molecule has 0 unspecified atom stereocenters. The van der Waals surface area contributed by atoms with Crippen LogP contribution in [0.25, 0.3) is 0 Å². The van der Waals surface area contributed by atoms with Gasteiger partial charge < -0.3 is 5.32 Å². The van der Waals surface area contributed by atoms with Gasteiger partial charge in [-0.15, -0.1) is 0 Å². The molecular weight excluding hydrogens is 312 g/mol. The molecule has 5 nitrogen and oxygen atoms in total. The molecule has 1 fully saturated rings. The highest BCUT2D eigenvalue weighted by atomic mass is 16.2. The molecule has 132 valence electrons. The number of carbonyl (C=O) groups excluding carboxylic acids is 1. The number of aromatic nitrogens is 1. The van der Waals surface area contributed by atoms with Crippen LogP contribution in [0.15, 0.2) is 42.7 Å². The minimum absolute atomic E-state index is 0.0660. The van der Waals surface area contributed by atoms with Crippen LogP contribution in [0.4, 0.5) is 5.69 Å². The van der Waals surface area contributed by atoms with E-state index in [4.69, 9.17) is 0 Å². The third kappa shape index (κ3) is 4.87. The Morgan fingerprint density at radius 2 is 1.72 bits per heavy atom. The third-order valence-corrected chi connectivity index (χ3v) is 4.87. The van der Waals surface area contributed by atoms with Crippen molar-refractivity contribution in [1.82, 2.24) is 14.8 Å². The zero-order chi connectivity index (χ0) is 17.6. The van der Waals surface area contributed by atoms with Gasteiger partial charge in [-0.3, -0.25) is 19.6 Å². The Balaban J connectivity index is 1.45. The van der Waals surface area contributed by atoms with E-state index in [1.807, 2.05) is 31.5 Å². The summed E-state index contributed by atoms with van der Waals surface area (Å²) in [5.74, 6) is 0.0660. The van der Waals surface area contributed by atoms with Gasteiger partial charge in [0.15, 0.2) is 0 Å². The molecule has 1 aromatic carbocycles. The van der Waals surface area contributed by atoms with E-state index < -0.39 is 0 Å². The number of hydrogen-bond donors (Lipinski definition) is 1. The smallest absolute Gasteiger partial charge is 0.238 e. The Morgan fingerprint density at radius 3 is 2.44 bits per heavy atom. The lowest BCUT2D eigenvalue weighted by molar-refractivity contribution is -0.117. The highest BCUT2D eigenvalue weighted by Crippen LogP contribution is 2.18. The predicted molar refractivity (Wildman–Crippen MR) is 100 cm³/mol. The number of benzene rings is 1. The largest absolute Gasteiger partial charge is 0.325 e. The van der Waals surface area contributed by atoms with Crippen LogP contribution in [-0.4, -0.2) is 53.4 Å². The summed E-state index contributed by atoms with van der Waals surface area (Å²) in [6.45, 7) is 9.33. The molecule has 0 atom stereocenters. The predicted octanol–water partition coefficient (Wildman–Crippen LogP) is 2.45. The molecule has 2 aromatic rings. The summed E-state index contributed by atoms with van der Waals surface area (Å²) >= 11 is 0. The van der Waals surface area contributed by atoms with Gasteiger partial charge in [0.2, 0.25) is 5.91 Å². The maximum atomic E-state index is 12.3. The van der Waals surface area contributed by atoms with Crippen LogP contribution in [0.5, 0.6) is 0 Å². The fourth-order valence-electron chi connectivity index (χ4n) is 3.13. The van der Waals surface area contributed by atoms with Crippen LogP contribution in [-0.2, 0) is 11.3 Å². The van der Waals surface area contributed by atoms with E-state index in [-0.39, 0.29) is 5.91 Å². The fraction of sp³-hybridized carbons (Fsp3) is 0.400. The number of hydrogen-bond acceptors (Lipinski definition) is 4. The van der Waals surface area contributed by atoms with E-state index >= 15 is 0 Å². The second-order valence-electron chi connectivity index (χ2n) is 6.70. The minimum atomic E-state index is 0.0660. The maximum absolute atomic E-state index is 12.3. The molecule has 5 heteroatoms. The van der Waals surface area contributed by atoms with E-state index in [0.717, 1.165) is 44.0 Å². The van der Waals surface area contributed by atoms with Crippen molar-refractivity contribution in [3.8, 4) is 0 Å². The van der Waals surface area contributed by atoms with E-state index in [1.165, 1.54) is 11.1 Å². The molecular formula is C20H26N4O. The number of pyridine rings is 1. The lowest BCUT2D eigenvalue weighted by atomic mass is 10.1. The van der Waals surface area contributed by atoms with Crippen LogP contribution < -0.4 is 5.32 Å². The van der Waals surface area contributed by atoms with Crippen LogP contribution in [0.3, 0.4) is 0 Å². The summed E-state index contributed by atoms with van der Waals surface area (Å²) in [5.41, 5.74) is 4.54. The van der Waals surface area contributed by atoms with Gasteiger partial charge in [-0.1, -0.05) is 12.1 Å². The molecule has 1 aliphatic heterocycles. The quantitative estimate of drug-likeness (QED) is 0.910. The van der Waals surface area contributed by atoms with E-state index in [2.05, 4.69) is 45.2 Å². The fourth-order valence-corrected chi connectivity index (χ4v) is 3.13. The maximum Gasteiger partial charge on any atom is 0.238 e. The van der Waals surface area contributed by atoms with E-state index in [1.54, 1.807) is 0 Å². The van der Waals surface area contributed by atoms with Crippen LogP contribution in [0, 0.1) is 13.8 Å². The summed E-state index contributed by atoms with van der Waals surface area (Å²) in [4.78, 5) is 21.1. The zero-order valence-corrected chi connectivity index (χ0v) is 15.0. The molecule has 0 spiro atoms. The van der Waals surface area contributed by atoms with Crippen LogP contribution in [0.1, 0.15) is 16.7 Å². The Labute approximate surface area is 149 Å². The molecule has 1 aromatic heterocycles. The number of aryl methyl sites for hydroxylation is 1. The molecule has 3 rings (SSSR count). The van der Waals surface area contributed by atoms with E-state index in [0.29, 0.717) is 6.54 Å². The molecule has 0 saturated carbocycles. The number of anilines is 1. The van der Waals surface area contributed by atoms with Crippen LogP contribution in [0.2, 0.25) is 0 Å². The summed E-state index contributed by atoms with van der Waals surface area (Å²) in [7, 11) is 0. The number of carbonyl (C=O) groups is 1. The molecule has 2 heterocycles. The standard InChI is InChI=1S/C20H26N4O/c1-16-4-3-5-19(17(16)2)22-20(25)15-24-12-10-23(11-13-24)14-18-6-8-21-9-7-18/h3-9H,10-15H2,1-2H3,(H,22,25). The molecule has 0 radical (unpaired) electrons. The monoisotopic (exact) mass is 338 g/mol. The first-order chi connectivity index (χ1) is 12.1. The van der Waals surface area contributed by atoms with Gasteiger partial charge >= 0.3 is 0 Å². The molecule has 1 saturated heterocycles. The van der Waals surface area contributed by atoms with Crippen molar-refractivity contribution in [1.29, 1.82) is 0 Å². The average molecular weight is 338 g/mol. The first kappa shape index (κ1) is 17.6. The number of piperazine rings is 1. The number of rotatable bonds is 5. The zero-order valence-electron chi connectivity index (χ0n) is 15.0.